The lowest BCUT2D eigenvalue weighted by atomic mass is 9.86. The number of hydrogen-bond donors (Lipinski definition) is 1. The smallest absolute Gasteiger partial charge is 0.168 e. The van der Waals surface area contributed by atoms with Crippen LogP contribution in [-0.2, 0) is 4.79 Å². The number of furan rings is 1. The summed E-state index contributed by atoms with van der Waals surface area (Å²) in [5, 5.41) is 11.1. The fourth-order valence-electron chi connectivity index (χ4n) is 2.53. The third-order valence-electron chi connectivity index (χ3n) is 3.62. The van der Waals surface area contributed by atoms with Crippen molar-refractivity contribution in [2.75, 3.05) is 0 Å². The van der Waals surface area contributed by atoms with Crippen molar-refractivity contribution in [2.24, 2.45) is 4.99 Å². The highest BCUT2D eigenvalue weighted by Crippen LogP contribution is 2.33. The largest absolute Gasteiger partial charge is 0.511 e. The van der Waals surface area contributed by atoms with E-state index in [1.54, 1.807) is 36.6 Å². The highest BCUT2D eigenvalue weighted by atomic mass is 35.5. The maximum atomic E-state index is 12.3. The molecule has 0 amide bonds. The van der Waals surface area contributed by atoms with E-state index in [0.29, 0.717) is 27.9 Å². The Morgan fingerprint density at radius 1 is 1.22 bits per heavy atom. The van der Waals surface area contributed by atoms with Gasteiger partial charge in [-0.1, -0.05) is 23.2 Å². The number of nitrogens with zero attached hydrogens (tertiary/aromatic N) is 1. The second kappa shape index (κ2) is 6.60. The molecule has 1 aliphatic rings. The molecular weight excluding hydrogens is 337 g/mol. The molecule has 0 saturated heterocycles. The molecule has 1 aromatic heterocycles. The van der Waals surface area contributed by atoms with Crippen molar-refractivity contribution in [3.05, 3.63) is 63.7 Å². The van der Waals surface area contributed by atoms with Gasteiger partial charge in [0, 0.05) is 35.0 Å². The fraction of sp³-hybridized carbons (Fsp3) is 0.176. The zero-order valence-corrected chi connectivity index (χ0v) is 13.5. The number of carbonyl (C=O) groups excluding carboxylic acids is 1. The fourth-order valence-corrected chi connectivity index (χ4v) is 3.05. The molecular formula is C17H13Cl2NO3. The first-order valence-corrected chi connectivity index (χ1v) is 7.77. The van der Waals surface area contributed by atoms with E-state index in [9.17, 15) is 9.90 Å². The van der Waals surface area contributed by atoms with Crippen LogP contribution < -0.4 is 0 Å². The van der Waals surface area contributed by atoms with Gasteiger partial charge >= 0.3 is 0 Å². The monoisotopic (exact) mass is 349 g/mol. The minimum Gasteiger partial charge on any atom is -0.511 e. The number of hydrogen-bond acceptors (Lipinski definition) is 4. The Morgan fingerprint density at radius 3 is 2.57 bits per heavy atom. The standard InChI is InChI=1S/C17H13Cl2NO3/c18-11-6-12(19)8-13(7-11)20-9-14-15(21)4-10(5-16(14)22)17-2-1-3-23-17/h1-3,6-10,21H,4-5H2. The second-order valence-electron chi connectivity index (χ2n) is 5.29. The van der Waals surface area contributed by atoms with Crippen molar-refractivity contribution in [3.63, 3.8) is 0 Å². The molecule has 0 radical (unpaired) electrons. The van der Waals surface area contributed by atoms with Crippen molar-refractivity contribution in [1.29, 1.82) is 0 Å². The molecule has 23 heavy (non-hydrogen) atoms. The minimum absolute atomic E-state index is 0.0134. The van der Waals surface area contributed by atoms with Gasteiger partial charge in [-0.2, -0.15) is 0 Å². The molecule has 0 spiro atoms. The van der Waals surface area contributed by atoms with Crippen molar-refractivity contribution in [1.82, 2.24) is 0 Å². The van der Waals surface area contributed by atoms with Gasteiger partial charge in [-0.3, -0.25) is 9.79 Å². The second-order valence-corrected chi connectivity index (χ2v) is 6.16. The molecule has 1 aliphatic carbocycles. The Bertz CT molecular complexity index is 774. The molecule has 0 bridgehead atoms. The Kier molecular flexibility index (Phi) is 4.55. The number of carbonyl (C=O) groups is 1. The number of ketones is 1. The van der Waals surface area contributed by atoms with Crippen molar-refractivity contribution in [2.45, 2.75) is 18.8 Å². The van der Waals surface area contributed by atoms with Crippen LogP contribution in [0.15, 0.2) is 57.3 Å². The molecule has 1 heterocycles. The average molecular weight is 350 g/mol. The summed E-state index contributed by atoms with van der Waals surface area (Å²) >= 11 is 11.8. The summed E-state index contributed by atoms with van der Waals surface area (Å²) in [6, 6.07) is 8.41. The highest BCUT2D eigenvalue weighted by Gasteiger charge is 2.29. The van der Waals surface area contributed by atoms with E-state index in [0.717, 1.165) is 0 Å². The van der Waals surface area contributed by atoms with E-state index < -0.39 is 0 Å². The van der Waals surface area contributed by atoms with Crippen LogP contribution in [0, 0.1) is 0 Å². The summed E-state index contributed by atoms with van der Waals surface area (Å²) in [6.07, 6.45) is 3.53. The van der Waals surface area contributed by atoms with Crippen LogP contribution in [0.3, 0.4) is 0 Å². The molecule has 1 aromatic carbocycles. The third kappa shape index (κ3) is 3.66. The summed E-state index contributed by atoms with van der Waals surface area (Å²) in [5.41, 5.74) is 0.729. The minimum atomic E-state index is -0.174. The van der Waals surface area contributed by atoms with E-state index in [1.807, 2.05) is 0 Å². The number of benzene rings is 1. The molecule has 0 saturated carbocycles. The summed E-state index contributed by atoms with van der Waals surface area (Å²) in [7, 11) is 0. The Labute approximate surface area is 143 Å². The molecule has 4 nitrogen and oxygen atoms in total. The molecule has 6 heteroatoms. The molecule has 1 atom stereocenters. The number of halogens is 2. The van der Waals surface area contributed by atoms with Gasteiger partial charge in [-0.25, -0.2) is 0 Å². The predicted molar refractivity (Wildman–Crippen MR) is 90.0 cm³/mol. The number of rotatable bonds is 3. The molecule has 2 aromatic rings. The van der Waals surface area contributed by atoms with Crippen LogP contribution in [0.25, 0.3) is 0 Å². The molecule has 1 unspecified atom stereocenters. The molecule has 1 N–H and O–H groups in total. The third-order valence-corrected chi connectivity index (χ3v) is 4.05. The van der Waals surface area contributed by atoms with Gasteiger partial charge in [0.15, 0.2) is 5.78 Å². The van der Waals surface area contributed by atoms with Crippen LogP contribution in [0.1, 0.15) is 24.5 Å². The summed E-state index contributed by atoms with van der Waals surface area (Å²) in [6.45, 7) is 0. The van der Waals surface area contributed by atoms with Crippen LogP contribution >= 0.6 is 23.2 Å². The quantitative estimate of drug-likeness (QED) is 0.769. The van der Waals surface area contributed by atoms with Gasteiger partial charge < -0.3 is 9.52 Å². The van der Waals surface area contributed by atoms with Gasteiger partial charge in [0.2, 0.25) is 0 Å². The van der Waals surface area contributed by atoms with Crippen molar-refractivity contribution in [3.8, 4) is 0 Å². The lowest BCUT2D eigenvalue weighted by Crippen LogP contribution is -2.18. The van der Waals surface area contributed by atoms with Crippen LogP contribution in [-0.4, -0.2) is 17.1 Å². The normalized spacial score (nSPS) is 18.9. The maximum Gasteiger partial charge on any atom is 0.168 e. The van der Waals surface area contributed by atoms with E-state index in [-0.39, 0.29) is 29.5 Å². The van der Waals surface area contributed by atoms with Crippen molar-refractivity contribution < 1.29 is 14.3 Å². The molecule has 3 rings (SSSR count). The Hall–Kier alpha value is -2.04. The first kappa shape index (κ1) is 15.8. The molecule has 118 valence electrons. The number of Topliss-reactive ketones (excluding diaryl/α,β-unsaturated/α-hetero) is 1. The Morgan fingerprint density at radius 2 is 1.96 bits per heavy atom. The average Bonchev–Trinajstić information content (AvgIpc) is 2.99. The zero-order chi connectivity index (χ0) is 16.4. The zero-order valence-electron chi connectivity index (χ0n) is 12.0. The molecule has 0 fully saturated rings. The van der Waals surface area contributed by atoms with Crippen molar-refractivity contribution >= 4 is 40.9 Å². The molecule has 0 aliphatic heterocycles. The van der Waals surface area contributed by atoms with Crippen LogP contribution in [0.4, 0.5) is 5.69 Å². The van der Waals surface area contributed by atoms with Crippen LogP contribution in [0.5, 0.6) is 0 Å². The summed E-state index contributed by atoms with van der Waals surface area (Å²) < 4.78 is 5.31. The maximum absolute atomic E-state index is 12.3. The Balaban J connectivity index is 1.83. The van der Waals surface area contributed by atoms with E-state index in [4.69, 9.17) is 27.6 Å². The van der Waals surface area contributed by atoms with E-state index in [1.165, 1.54) is 6.21 Å². The summed E-state index contributed by atoms with van der Waals surface area (Å²) in [5.74, 6) is 0.393. The SMILES string of the molecule is O=C1CC(c2ccco2)CC(O)=C1C=Nc1cc(Cl)cc(Cl)c1. The first-order chi connectivity index (χ1) is 11.0. The number of aliphatic hydroxyl groups is 1. The van der Waals surface area contributed by atoms with Gasteiger partial charge in [0.1, 0.15) is 11.5 Å². The highest BCUT2D eigenvalue weighted by molar-refractivity contribution is 6.35. The van der Waals surface area contributed by atoms with Gasteiger partial charge in [0.05, 0.1) is 17.5 Å². The number of aliphatic hydroxyl groups excluding tert-OH is 1. The van der Waals surface area contributed by atoms with Gasteiger partial charge in [0.25, 0.3) is 0 Å². The van der Waals surface area contributed by atoms with Gasteiger partial charge in [-0.15, -0.1) is 0 Å². The van der Waals surface area contributed by atoms with E-state index in [2.05, 4.69) is 4.99 Å². The van der Waals surface area contributed by atoms with Gasteiger partial charge in [-0.05, 0) is 30.3 Å². The lowest BCUT2D eigenvalue weighted by molar-refractivity contribution is -0.116. The topological polar surface area (TPSA) is 62.8 Å². The lowest BCUT2D eigenvalue weighted by Gasteiger charge is -2.20. The number of allylic oxidation sites excluding steroid dienone is 2. The van der Waals surface area contributed by atoms with E-state index >= 15 is 0 Å². The predicted octanol–water partition coefficient (Wildman–Crippen LogP) is 5.25. The number of aliphatic imine (C=N–C) groups is 1. The van der Waals surface area contributed by atoms with Crippen LogP contribution in [0.2, 0.25) is 10.0 Å². The first-order valence-electron chi connectivity index (χ1n) is 7.02. The summed E-state index contributed by atoms with van der Waals surface area (Å²) in [4.78, 5) is 16.4.